The summed E-state index contributed by atoms with van der Waals surface area (Å²) in [5.74, 6) is 0.465. The van der Waals surface area contributed by atoms with E-state index >= 15 is 0 Å². The van der Waals surface area contributed by atoms with Gasteiger partial charge in [0.15, 0.2) is 0 Å². The summed E-state index contributed by atoms with van der Waals surface area (Å²) in [7, 11) is -7.66. The zero-order chi connectivity index (χ0) is 16.2. The second kappa shape index (κ2) is 8.41. The fourth-order valence-electron chi connectivity index (χ4n) is 2.47. The van der Waals surface area contributed by atoms with E-state index in [1.165, 1.54) is 18.2 Å². The molecule has 0 bridgehead atoms. The van der Waals surface area contributed by atoms with Crippen molar-refractivity contribution < 1.29 is 16.8 Å². The lowest BCUT2D eigenvalue weighted by molar-refractivity contribution is 0.358. The topological polar surface area (TPSA) is 118 Å². The van der Waals surface area contributed by atoms with Gasteiger partial charge in [-0.2, -0.15) is 0 Å². The molecule has 132 valence electrons. The lowest BCUT2D eigenvalue weighted by Gasteiger charge is -2.22. The van der Waals surface area contributed by atoms with E-state index in [1.807, 2.05) is 0 Å². The average Bonchev–Trinajstić information content (AvgIpc) is 2.47. The van der Waals surface area contributed by atoms with Crippen molar-refractivity contribution in [3.8, 4) is 0 Å². The van der Waals surface area contributed by atoms with Crippen LogP contribution in [-0.4, -0.2) is 36.5 Å². The first-order valence-electron chi connectivity index (χ1n) is 7.12. The highest BCUT2D eigenvalue weighted by Crippen LogP contribution is 2.16. The quantitative estimate of drug-likeness (QED) is 0.658. The third kappa shape index (κ3) is 6.02. The number of rotatable bonds is 6. The van der Waals surface area contributed by atoms with E-state index in [0.717, 1.165) is 38.4 Å². The van der Waals surface area contributed by atoms with Gasteiger partial charge in [-0.1, -0.05) is 6.07 Å². The van der Waals surface area contributed by atoms with Gasteiger partial charge in [-0.15, -0.1) is 12.4 Å². The van der Waals surface area contributed by atoms with Crippen LogP contribution in [0.3, 0.4) is 0 Å². The van der Waals surface area contributed by atoms with E-state index < -0.39 is 20.0 Å². The van der Waals surface area contributed by atoms with E-state index in [2.05, 4.69) is 10.0 Å². The zero-order valence-corrected chi connectivity index (χ0v) is 15.0. The highest BCUT2D eigenvalue weighted by atomic mass is 35.5. The average molecular weight is 384 g/mol. The van der Waals surface area contributed by atoms with Crippen LogP contribution in [0.2, 0.25) is 0 Å². The monoisotopic (exact) mass is 383 g/mol. The number of halogens is 1. The minimum atomic E-state index is -3.92. The summed E-state index contributed by atoms with van der Waals surface area (Å²) in [6, 6.07) is 5.04. The Morgan fingerprint density at radius 2 is 1.91 bits per heavy atom. The molecule has 0 saturated carbocycles. The molecule has 1 aromatic carbocycles. The summed E-state index contributed by atoms with van der Waals surface area (Å²) in [6.07, 6.45) is 2.95. The summed E-state index contributed by atoms with van der Waals surface area (Å²) >= 11 is 0. The molecule has 1 heterocycles. The maximum absolute atomic E-state index is 12.2. The molecule has 0 spiro atoms. The van der Waals surface area contributed by atoms with E-state index in [-0.39, 0.29) is 22.2 Å². The van der Waals surface area contributed by atoms with Crippen molar-refractivity contribution in [3.05, 3.63) is 24.3 Å². The molecule has 0 aliphatic carbocycles. The largest absolute Gasteiger partial charge is 0.316 e. The summed E-state index contributed by atoms with van der Waals surface area (Å²) in [5.41, 5.74) is 0. The molecule has 1 aromatic rings. The van der Waals surface area contributed by atoms with Gasteiger partial charge in [0.1, 0.15) is 0 Å². The standard InChI is InChI=1S/C13H21N3O4S2.ClH/c14-21(17,18)12-4-1-5-13(9-12)22(19,20)16-8-6-11-3-2-7-15-10-11;/h1,4-5,9,11,15-16H,2-3,6-8,10H2,(H2,14,17,18);1H. The summed E-state index contributed by atoms with van der Waals surface area (Å²) in [6.45, 7) is 2.25. The van der Waals surface area contributed by atoms with Gasteiger partial charge in [-0.25, -0.2) is 26.7 Å². The lowest BCUT2D eigenvalue weighted by atomic mass is 9.96. The summed E-state index contributed by atoms with van der Waals surface area (Å²) < 4.78 is 49.5. The van der Waals surface area contributed by atoms with Gasteiger partial charge in [-0.3, -0.25) is 0 Å². The van der Waals surface area contributed by atoms with E-state index in [1.54, 1.807) is 0 Å². The summed E-state index contributed by atoms with van der Waals surface area (Å²) in [5, 5.41) is 8.30. The van der Waals surface area contributed by atoms with Crippen molar-refractivity contribution in [3.63, 3.8) is 0 Å². The fourth-order valence-corrected chi connectivity index (χ4v) is 4.20. The van der Waals surface area contributed by atoms with Crippen LogP contribution in [0.1, 0.15) is 19.3 Å². The SMILES string of the molecule is Cl.NS(=O)(=O)c1cccc(S(=O)(=O)NCCC2CCCNC2)c1. The summed E-state index contributed by atoms with van der Waals surface area (Å²) in [4.78, 5) is -0.312. The highest BCUT2D eigenvalue weighted by Gasteiger charge is 2.18. The Morgan fingerprint density at radius 1 is 1.22 bits per heavy atom. The maximum Gasteiger partial charge on any atom is 0.240 e. The van der Waals surface area contributed by atoms with Crippen LogP contribution in [0.4, 0.5) is 0 Å². The third-order valence-electron chi connectivity index (χ3n) is 3.69. The van der Waals surface area contributed by atoms with Gasteiger partial charge in [0, 0.05) is 6.54 Å². The molecule has 1 saturated heterocycles. The molecule has 1 aliphatic rings. The first kappa shape index (κ1) is 20.3. The number of primary sulfonamides is 1. The number of nitrogens with two attached hydrogens (primary N) is 1. The van der Waals surface area contributed by atoms with Crippen LogP contribution in [0, 0.1) is 5.92 Å². The minimum Gasteiger partial charge on any atom is -0.316 e. The maximum atomic E-state index is 12.2. The molecule has 1 unspecified atom stereocenters. The molecule has 0 aromatic heterocycles. The van der Waals surface area contributed by atoms with Crippen LogP contribution >= 0.6 is 12.4 Å². The smallest absolute Gasteiger partial charge is 0.240 e. The Kier molecular flexibility index (Phi) is 7.43. The van der Waals surface area contributed by atoms with Gasteiger partial charge in [-0.05, 0) is 56.5 Å². The molecular weight excluding hydrogens is 362 g/mol. The molecule has 4 N–H and O–H groups in total. The number of hydrogen-bond donors (Lipinski definition) is 3. The van der Waals surface area contributed by atoms with Gasteiger partial charge < -0.3 is 5.32 Å². The van der Waals surface area contributed by atoms with Crippen LogP contribution in [0.25, 0.3) is 0 Å². The molecule has 1 fully saturated rings. The Hall–Kier alpha value is -0.710. The highest BCUT2D eigenvalue weighted by molar-refractivity contribution is 7.90. The van der Waals surface area contributed by atoms with E-state index in [0.29, 0.717) is 12.5 Å². The Labute approximate surface area is 143 Å². The number of sulfonamides is 2. The number of benzene rings is 1. The van der Waals surface area contributed by atoms with Crippen molar-refractivity contribution >= 4 is 32.5 Å². The van der Waals surface area contributed by atoms with Gasteiger partial charge >= 0.3 is 0 Å². The molecule has 23 heavy (non-hydrogen) atoms. The van der Waals surface area contributed by atoms with Gasteiger partial charge in [0.25, 0.3) is 0 Å². The van der Waals surface area contributed by atoms with Crippen LogP contribution in [-0.2, 0) is 20.0 Å². The van der Waals surface area contributed by atoms with Crippen molar-refractivity contribution in [1.29, 1.82) is 0 Å². The second-order valence-electron chi connectivity index (χ2n) is 5.42. The molecule has 1 atom stereocenters. The van der Waals surface area contributed by atoms with E-state index in [9.17, 15) is 16.8 Å². The third-order valence-corrected chi connectivity index (χ3v) is 6.06. The van der Waals surface area contributed by atoms with Crippen molar-refractivity contribution in [2.45, 2.75) is 29.1 Å². The Bertz CT molecular complexity index is 716. The molecule has 0 radical (unpaired) electrons. The molecular formula is C13H22ClN3O4S2. The molecule has 7 nitrogen and oxygen atoms in total. The first-order valence-corrected chi connectivity index (χ1v) is 10.2. The fraction of sp³-hybridized carbons (Fsp3) is 0.538. The minimum absolute atomic E-state index is 0. The number of nitrogens with one attached hydrogen (secondary N) is 2. The van der Waals surface area contributed by atoms with E-state index in [4.69, 9.17) is 5.14 Å². The second-order valence-corrected chi connectivity index (χ2v) is 8.75. The Morgan fingerprint density at radius 3 is 2.52 bits per heavy atom. The number of piperidine rings is 1. The molecule has 2 rings (SSSR count). The van der Waals surface area contributed by atoms with Crippen LogP contribution < -0.4 is 15.2 Å². The van der Waals surface area contributed by atoms with Crippen molar-refractivity contribution in [1.82, 2.24) is 10.0 Å². The number of hydrogen-bond acceptors (Lipinski definition) is 5. The lowest BCUT2D eigenvalue weighted by Crippen LogP contribution is -2.33. The van der Waals surface area contributed by atoms with Crippen molar-refractivity contribution in [2.24, 2.45) is 11.1 Å². The van der Waals surface area contributed by atoms with Crippen LogP contribution in [0.5, 0.6) is 0 Å². The molecule has 0 amide bonds. The van der Waals surface area contributed by atoms with Gasteiger partial charge in [0.05, 0.1) is 9.79 Å². The van der Waals surface area contributed by atoms with Crippen molar-refractivity contribution in [2.75, 3.05) is 19.6 Å². The first-order chi connectivity index (χ1) is 10.3. The zero-order valence-electron chi connectivity index (χ0n) is 12.6. The normalized spacial score (nSPS) is 19.1. The van der Waals surface area contributed by atoms with Gasteiger partial charge in [0.2, 0.25) is 20.0 Å². The predicted molar refractivity (Wildman–Crippen MR) is 90.5 cm³/mol. The molecule has 1 aliphatic heterocycles. The predicted octanol–water partition coefficient (Wildman–Crippen LogP) is 0.424. The van der Waals surface area contributed by atoms with Crippen LogP contribution in [0.15, 0.2) is 34.1 Å². The Balaban J connectivity index is 0.00000264. The molecule has 10 heteroatoms.